The van der Waals surface area contributed by atoms with E-state index in [0.717, 1.165) is 13.1 Å². The van der Waals surface area contributed by atoms with Crippen LogP contribution in [0.4, 0.5) is 14.5 Å². The van der Waals surface area contributed by atoms with E-state index in [1.165, 1.54) is 6.07 Å². The number of pyridine rings is 1. The molecule has 0 amide bonds. The molecule has 0 radical (unpaired) electrons. The standard InChI is InChI=1S/C11H13F2N3O.C2H7N/c12-11(13)10-9(2-1-8(7-17)15-10)16-5-3-14-4-6-16;1-3-2/h1-2,7,11,14H,3-6H2;3H,1-2H3. The smallest absolute Gasteiger partial charge is 0.282 e. The van der Waals surface area contributed by atoms with E-state index < -0.39 is 6.43 Å². The molecule has 1 fully saturated rings. The Labute approximate surface area is 117 Å². The second kappa shape index (κ2) is 8.55. The third kappa shape index (κ3) is 4.50. The molecule has 1 saturated heterocycles. The average Bonchev–Trinajstić information content (AvgIpc) is 2.48. The molecule has 1 aromatic heterocycles. The number of piperazine rings is 1. The van der Waals surface area contributed by atoms with Crippen LogP contribution < -0.4 is 15.5 Å². The van der Waals surface area contributed by atoms with E-state index in [2.05, 4.69) is 15.6 Å². The van der Waals surface area contributed by atoms with Crippen molar-refractivity contribution < 1.29 is 13.6 Å². The van der Waals surface area contributed by atoms with Crippen molar-refractivity contribution in [2.75, 3.05) is 45.2 Å². The van der Waals surface area contributed by atoms with Gasteiger partial charge in [-0.15, -0.1) is 0 Å². The minimum absolute atomic E-state index is 0.0409. The lowest BCUT2D eigenvalue weighted by Gasteiger charge is -2.30. The highest BCUT2D eigenvalue weighted by molar-refractivity contribution is 5.73. The Morgan fingerprint density at radius 3 is 2.45 bits per heavy atom. The van der Waals surface area contributed by atoms with Crippen molar-refractivity contribution in [3.8, 4) is 0 Å². The van der Waals surface area contributed by atoms with Crippen molar-refractivity contribution >= 4 is 12.0 Å². The lowest BCUT2D eigenvalue weighted by molar-refractivity contribution is 0.111. The normalized spacial score (nSPS) is 14.8. The van der Waals surface area contributed by atoms with Gasteiger partial charge in [0, 0.05) is 26.2 Å². The van der Waals surface area contributed by atoms with E-state index in [-0.39, 0.29) is 11.4 Å². The number of nitrogens with zero attached hydrogens (tertiary/aromatic N) is 2. The number of hydrogen-bond donors (Lipinski definition) is 2. The van der Waals surface area contributed by atoms with Gasteiger partial charge in [-0.2, -0.15) is 0 Å². The summed E-state index contributed by atoms with van der Waals surface area (Å²) in [5, 5.41) is 5.90. The van der Waals surface area contributed by atoms with Gasteiger partial charge >= 0.3 is 0 Å². The predicted molar refractivity (Wildman–Crippen MR) is 74.6 cm³/mol. The largest absolute Gasteiger partial charge is 0.367 e. The quantitative estimate of drug-likeness (QED) is 0.814. The van der Waals surface area contributed by atoms with Gasteiger partial charge in [0.05, 0.1) is 5.69 Å². The molecule has 0 unspecified atom stereocenters. The zero-order chi connectivity index (χ0) is 15.0. The van der Waals surface area contributed by atoms with Gasteiger partial charge < -0.3 is 15.5 Å². The number of halogens is 2. The highest BCUT2D eigenvalue weighted by Gasteiger charge is 2.21. The Hall–Kier alpha value is -1.60. The van der Waals surface area contributed by atoms with E-state index in [4.69, 9.17) is 0 Å². The summed E-state index contributed by atoms with van der Waals surface area (Å²) in [6, 6.07) is 3.01. The molecule has 2 N–H and O–H groups in total. The molecular weight excluding hydrogens is 266 g/mol. The minimum Gasteiger partial charge on any atom is -0.367 e. The van der Waals surface area contributed by atoms with E-state index in [9.17, 15) is 13.6 Å². The van der Waals surface area contributed by atoms with Crippen LogP contribution in [0.5, 0.6) is 0 Å². The summed E-state index contributed by atoms with van der Waals surface area (Å²) in [5.74, 6) is 0. The minimum atomic E-state index is -2.67. The van der Waals surface area contributed by atoms with Gasteiger partial charge in [0.15, 0.2) is 6.29 Å². The van der Waals surface area contributed by atoms with Gasteiger partial charge in [0.2, 0.25) is 0 Å². The molecule has 20 heavy (non-hydrogen) atoms. The van der Waals surface area contributed by atoms with Crippen LogP contribution in [0.1, 0.15) is 22.6 Å². The van der Waals surface area contributed by atoms with Gasteiger partial charge in [-0.25, -0.2) is 13.8 Å². The third-order valence-electron chi connectivity index (χ3n) is 2.71. The van der Waals surface area contributed by atoms with Gasteiger partial charge in [-0.3, -0.25) is 4.79 Å². The molecule has 1 aromatic rings. The molecule has 0 aromatic carbocycles. The summed E-state index contributed by atoms with van der Waals surface area (Å²) >= 11 is 0. The molecule has 1 aliphatic heterocycles. The monoisotopic (exact) mass is 286 g/mol. The lowest BCUT2D eigenvalue weighted by Crippen LogP contribution is -2.44. The molecule has 5 nitrogen and oxygen atoms in total. The Morgan fingerprint density at radius 1 is 1.35 bits per heavy atom. The maximum atomic E-state index is 12.9. The summed E-state index contributed by atoms with van der Waals surface area (Å²) in [6.45, 7) is 2.86. The second-order valence-corrected chi connectivity index (χ2v) is 4.30. The van der Waals surface area contributed by atoms with Crippen LogP contribution in [0.15, 0.2) is 12.1 Å². The van der Waals surface area contributed by atoms with E-state index >= 15 is 0 Å². The van der Waals surface area contributed by atoms with Crippen LogP contribution in [0.3, 0.4) is 0 Å². The first kappa shape index (κ1) is 16.5. The van der Waals surface area contributed by atoms with Crippen molar-refractivity contribution in [3.05, 3.63) is 23.5 Å². The Morgan fingerprint density at radius 2 is 1.95 bits per heavy atom. The maximum absolute atomic E-state index is 12.9. The summed E-state index contributed by atoms with van der Waals surface area (Å²) in [5.41, 5.74) is 0.155. The third-order valence-corrected chi connectivity index (χ3v) is 2.71. The SMILES string of the molecule is CNC.O=Cc1ccc(N2CCNCC2)c(C(F)F)n1. The van der Waals surface area contributed by atoms with Gasteiger partial charge in [-0.05, 0) is 26.2 Å². The van der Waals surface area contributed by atoms with E-state index in [1.807, 2.05) is 19.0 Å². The Bertz CT molecular complexity index is 423. The zero-order valence-electron chi connectivity index (χ0n) is 11.7. The predicted octanol–water partition coefficient (Wildman–Crippen LogP) is 1.08. The second-order valence-electron chi connectivity index (χ2n) is 4.30. The molecule has 112 valence electrons. The van der Waals surface area contributed by atoms with Crippen LogP contribution in [-0.2, 0) is 0 Å². The highest BCUT2D eigenvalue weighted by atomic mass is 19.3. The van der Waals surface area contributed by atoms with Crippen molar-refractivity contribution in [2.24, 2.45) is 0 Å². The molecule has 0 bridgehead atoms. The molecule has 1 aliphatic rings. The molecule has 2 rings (SSSR count). The van der Waals surface area contributed by atoms with Gasteiger partial charge in [0.25, 0.3) is 6.43 Å². The summed E-state index contributed by atoms with van der Waals surface area (Å²) in [6.07, 6.45) is -2.19. The Balaban J connectivity index is 0.000000612. The molecular formula is C13H20F2N4O. The zero-order valence-corrected chi connectivity index (χ0v) is 11.7. The van der Waals surface area contributed by atoms with Crippen LogP contribution in [0.25, 0.3) is 0 Å². The average molecular weight is 286 g/mol. The number of carbonyl (C=O) groups excluding carboxylic acids is 1. The summed E-state index contributed by atoms with van der Waals surface area (Å²) in [7, 11) is 3.75. The van der Waals surface area contributed by atoms with Gasteiger partial charge in [-0.1, -0.05) is 0 Å². The van der Waals surface area contributed by atoms with Gasteiger partial charge in [0.1, 0.15) is 11.4 Å². The van der Waals surface area contributed by atoms with Crippen LogP contribution in [-0.4, -0.2) is 51.5 Å². The fourth-order valence-electron chi connectivity index (χ4n) is 1.88. The number of aldehydes is 1. The summed E-state index contributed by atoms with van der Waals surface area (Å²) < 4.78 is 25.8. The first-order valence-corrected chi connectivity index (χ1v) is 6.42. The number of alkyl halides is 2. The number of nitrogens with one attached hydrogen (secondary N) is 2. The number of carbonyl (C=O) groups is 1. The number of anilines is 1. The molecule has 2 heterocycles. The fourth-order valence-corrected chi connectivity index (χ4v) is 1.88. The van der Waals surface area contributed by atoms with Crippen LogP contribution >= 0.6 is 0 Å². The van der Waals surface area contributed by atoms with E-state index in [0.29, 0.717) is 25.1 Å². The van der Waals surface area contributed by atoms with Crippen LogP contribution in [0.2, 0.25) is 0 Å². The Kier molecular flexibility index (Phi) is 7.03. The lowest BCUT2D eigenvalue weighted by atomic mass is 10.2. The van der Waals surface area contributed by atoms with Crippen molar-refractivity contribution in [2.45, 2.75) is 6.43 Å². The highest BCUT2D eigenvalue weighted by Crippen LogP contribution is 2.28. The number of hydrogen-bond acceptors (Lipinski definition) is 5. The van der Waals surface area contributed by atoms with Crippen LogP contribution in [0, 0.1) is 0 Å². The fraction of sp³-hybridized carbons (Fsp3) is 0.538. The topological polar surface area (TPSA) is 57.3 Å². The first-order chi connectivity index (χ1) is 9.63. The molecule has 0 aliphatic carbocycles. The summed E-state index contributed by atoms with van der Waals surface area (Å²) in [4.78, 5) is 16.1. The van der Waals surface area contributed by atoms with Crippen molar-refractivity contribution in [1.29, 1.82) is 0 Å². The molecule has 0 atom stereocenters. The first-order valence-electron chi connectivity index (χ1n) is 6.42. The molecule has 0 saturated carbocycles. The molecule has 0 spiro atoms. The maximum Gasteiger partial charge on any atom is 0.282 e. The van der Waals surface area contributed by atoms with Crippen molar-refractivity contribution in [3.63, 3.8) is 0 Å². The van der Waals surface area contributed by atoms with E-state index in [1.54, 1.807) is 6.07 Å². The van der Waals surface area contributed by atoms with Crippen molar-refractivity contribution in [1.82, 2.24) is 15.6 Å². The molecule has 7 heteroatoms. The number of rotatable bonds is 3. The number of aromatic nitrogens is 1.